The smallest absolute Gasteiger partial charge is 0.326 e. The SMILES string of the molecule is CC(C)(C)S(=O)(=O)N1CCc2sccc2C1C(=O)O. The number of carboxylic acid groups (broad SMARTS) is 1. The Morgan fingerprint density at radius 3 is 2.63 bits per heavy atom. The van der Waals surface area contributed by atoms with Crippen molar-refractivity contribution in [1.29, 1.82) is 0 Å². The first-order chi connectivity index (χ1) is 8.66. The minimum absolute atomic E-state index is 0.226. The predicted octanol–water partition coefficient (Wildman–Crippen LogP) is 1.86. The molecule has 2 rings (SSSR count). The van der Waals surface area contributed by atoms with E-state index in [9.17, 15) is 18.3 Å². The molecule has 0 fully saturated rings. The molecule has 2 heterocycles. The van der Waals surface area contributed by atoms with E-state index in [1.54, 1.807) is 26.8 Å². The van der Waals surface area contributed by atoms with Crippen molar-refractivity contribution in [2.75, 3.05) is 6.54 Å². The quantitative estimate of drug-likeness (QED) is 0.905. The molecule has 1 atom stereocenters. The molecule has 1 aliphatic heterocycles. The molecule has 7 heteroatoms. The molecular weight excluding hydrogens is 286 g/mol. The minimum atomic E-state index is -3.66. The molecular formula is C12H17NO4S2. The number of sulfonamides is 1. The number of carbonyl (C=O) groups is 1. The summed E-state index contributed by atoms with van der Waals surface area (Å²) in [5.74, 6) is -1.12. The Kier molecular flexibility index (Phi) is 3.49. The molecule has 0 aromatic carbocycles. The van der Waals surface area contributed by atoms with Crippen LogP contribution in [0.1, 0.15) is 37.3 Å². The van der Waals surface area contributed by atoms with Crippen LogP contribution in [-0.4, -0.2) is 35.1 Å². The number of carboxylic acids is 1. The average molecular weight is 303 g/mol. The first kappa shape index (κ1) is 14.5. The van der Waals surface area contributed by atoms with Crippen LogP contribution in [0.15, 0.2) is 11.4 Å². The summed E-state index contributed by atoms with van der Waals surface area (Å²) in [6.45, 7) is 4.99. The van der Waals surface area contributed by atoms with E-state index in [0.29, 0.717) is 12.0 Å². The molecule has 19 heavy (non-hydrogen) atoms. The van der Waals surface area contributed by atoms with Crippen LogP contribution in [0.4, 0.5) is 0 Å². The lowest BCUT2D eigenvalue weighted by Gasteiger charge is -2.36. The Balaban J connectivity index is 2.52. The summed E-state index contributed by atoms with van der Waals surface area (Å²) in [5, 5.41) is 11.2. The van der Waals surface area contributed by atoms with Crippen LogP contribution in [0.2, 0.25) is 0 Å². The number of hydrogen-bond acceptors (Lipinski definition) is 4. The van der Waals surface area contributed by atoms with Crippen molar-refractivity contribution in [2.24, 2.45) is 0 Å². The Morgan fingerprint density at radius 1 is 1.47 bits per heavy atom. The molecule has 1 unspecified atom stereocenters. The number of rotatable bonds is 2. The number of nitrogens with zero attached hydrogens (tertiary/aromatic N) is 1. The summed E-state index contributed by atoms with van der Waals surface area (Å²) >= 11 is 1.48. The third-order valence-electron chi connectivity index (χ3n) is 3.24. The fraction of sp³-hybridized carbons (Fsp3) is 0.583. The Hall–Kier alpha value is -0.920. The molecule has 1 aliphatic rings. The zero-order valence-corrected chi connectivity index (χ0v) is 12.7. The maximum atomic E-state index is 12.5. The summed E-state index contributed by atoms with van der Waals surface area (Å²) in [5.41, 5.74) is 0.608. The molecule has 1 aromatic heterocycles. The second-order valence-corrected chi connectivity index (χ2v) is 9.16. The van der Waals surface area contributed by atoms with Crippen molar-refractivity contribution >= 4 is 27.3 Å². The van der Waals surface area contributed by atoms with Gasteiger partial charge < -0.3 is 5.11 Å². The fourth-order valence-electron chi connectivity index (χ4n) is 2.16. The average Bonchev–Trinajstić information content (AvgIpc) is 2.73. The number of thiophene rings is 1. The second kappa shape index (κ2) is 4.57. The van der Waals surface area contributed by atoms with Crippen LogP contribution in [0.5, 0.6) is 0 Å². The zero-order valence-electron chi connectivity index (χ0n) is 11.1. The van der Waals surface area contributed by atoms with Gasteiger partial charge >= 0.3 is 5.97 Å². The van der Waals surface area contributed by atoms with Gasteiger partial charge in [-0.15, -0.1) is 11.3 Å². The van der Waals surface area contributed by atoms with Crippen LogP contribution in [0.25, 0.3) is 0 Å². The third-order valence-corrected chi connectivity index (χ3v) is 6.79. The van der Waals surface area contributed by atoms with Crippen LogP contribution >= 0.6 is 11.3 Å². The minimum Gasteiger partial charge on any atom is -0.480 e. The van der Waals surface area contributed by atoms with Gasteiger partial charge in [-0.3, -0.25) is 4.79 Å². The van der Waals surface area contributed by atoms with Crippen LogP contribution in [0.3, 0.4) is 0 Å². The van der Waals surface area contributed by atoms with Gasteiger partial charge in [0.1, 0.15) is 6.04 Å². The molecule has 106 valence electrons. The predicted molar refractivity (Wildman–Crippen MR) is 73.8 cm³/mol. The summed E-state index contributed by atoms with van der Waals surface area (Å²) in [4.78, 5) is 12.5. The third kappa shape index (κ3) is 2.30. The lowest BCUT2D eigenvalue weighted by Crippen LogP contribution is -2.49. The maximum Gasteiger partial charge on any atom is 0.326 e. The Labute approximate surface area is 116 Å². The van der Waals surface area contributed by atoms with Gasteiger partial charge in [0.25, 0.3) is 0 Å². The molecule has 0 radical (unpaired) electrons. The molecule has 0 saturated carbocycles. The van der Waals surface area contributed by atoms with Gasteiger partial charge in [0.2, 0.25) is 10.0 Å². The number of aliphatic carboxylic acids is 1. The van der Waals surface area contributed by atoms with Gasteiger partial charge in [-0.1, -0.05) is 0 Å². The highest BCUT2D eigenvalue weighted by Crippen LogP contribution is 2.37. The normalized spacial score (nSPS) is 21.1. The van der Waals surface area contributed by atoms with E-state index in [1.807, 2.05) is 5.38 Å². The van der Waals surface area contributed by atoms with E-state index in [1.165, 1.54) is 11.3 Å². The largest absolute Gasteiger partial charge is 0.480 e. The van der Waals surface area contributed by atoms with Crippen LogP contribution in [0, 0.1) is 0 Å². The van der Waals surface area contributed by atoms with Crippen molar-refractivity contribution in [3.05, 3.63) is 21.9 Å². The zero-order chi connectivity index (χ0) is 14.4. The standard InChI is InChI=1S/C12H17NO4S2/c1-12(2,3)19(16,17)13-6-4-9-8(5-7-18-9)10(13)11(14)15/h5,7,10H,4,6H2,1-3H3,(H,14,15). The van der Waals surface area contributed by atoms with E-state index in [4.69, 9.17) is 0 Å². The number of fused-ring (bicyclic) bond motifs is 1. The lowest BCUT2D eigenvalue weighted by molar-refractivity contribution is -0.142. The van der Waals surface area contributed by atoms with Gasteiger partial charge in [0.15, 0.2) is 0 Å². The van der Waals surface area contributed by atoms with Crippen LogP contribution in [-0.2, 0) is 21.2 Å². The van der Waals surface area contributed by atoms with Crippen molar-refractivity contribution in [1.82, 2.24) is 4.31 Å². The topological polar surface area (TPSA) is 74.7 Å². The Morgan fingerprint density at radius 2 is 2.11 bits per heavy atom. The molecule has 0 saturated heterocycles. The summed E-state index contributed by atoms with van der Waals surface area (Å²) in [7, 11) is -3.66. The van der Waals surface area contributed by atoms with Crippen LogP contribution < -0.4 is 0 Å². The highest BCUT2D eigenvalue weighted by Gasteiger charge is 2.45. The second-order valence-electron chi connectivity index (χ2n) is 5.52. The van der Waals surface area contributed by atoms with Crippen molar-refractivity contribution in [3.8, 4) is 0 Å². The van der Waals surface area contributed by atoms with Gasteiger partial charge in [-0.2, -0.15) is 4.31 Å². The molecule has 0 spiro atoms. The van der Waals surface area contributed by atoms with Crippen molar-refractivity contribution < 1.29 is 18.3 Å². The highest BCUT2D eigenvalue weighted by atomic mass is 32.2. The summed E-state index contributed by atoms with van der Waals surface area (Å²) in [6.07, 6.45) is 0.575. The van der Waals surface area contributed by atoms with Gasteiger partial charge in [0.05, 0.1) is 4.75 Å². The van der Waals surface area contributed by atoms with Crippen molar-refractivity contribution in [2.45, 2.75) is 38.0 Å². The van der Waals surface area contributed by atoms with Gasteiger partial charge in [-0.25, -0.2) is 8.42 Å². The fourth-order valence-corrected chi connectivity index (χ4v) is 4.58. The molecule has 1 aromatic rings. The van der Waals surface area contributed by atoms with Crippen molar-refractivity contribution in [3.63, 3.8) is 0 Å². The number of hydrogen-bond donors (Lipinski definition) is 1. The van der Waals surface area contributed by atoms with E-state index in [2.05, 4.69) is 0 Å². The molecule has 0 aliphatic carbocycles. The molecule has 1 N–H and O–H groups in total. The first-order valence-corrected chi connectivity index (χ1v) is 8.28. The van der Waals surface area contributed by atoms with E-state index < -0.39 is 26.8 Å². The maximum absolute atomic E-state index is 12.5. The molecule has 0 bridgehead atoms. The monoisotopic (exact) mass is 303 g/mol. The summed E-state index contributed by atoms with van der Waals surface area (Å²) in [6, 6.07) is 0.613. The summed E-state index contributed by atoms with van der Waals surface area (Å²) < 4.78 is 25.2. The highest BCUT2D eigenvalue weighted by molar-refractivity contribution is 7.90. The van der Waals surface area contributed by atoms with Gasteiger partial charge in [-0.05, 0) is 44.2 Å². The van der Waals surface area contributed by atoms with E-state index >= 15 is 0 Å². The molecule has 5 nitrogen and oxygen atoms in total. The van der Waals surface area contributed by atoms with E-state index in [-0.39, 0.29) is 6.54 Å². The van der Waals surface area contributed by atoms with E-state index in [0.717, 1.165) is 9.18 Å². The lowest BCUT2D eigenvalue weighted by atomic mass is 10.0. The molecule has 0 amide bonds. The first-order valence-electron chi connectivity index (χ1n) is 5.96. The Bertz CT molecular complexity index is 597. The van der Waals surface area contributed by atoms with Gasteiger partial charge in [0, 0.05) is 11.4 Å².